The summed E-state index contributed by atoms with van der Waals surface area (Å²) in [6, 6.07) is 16.3. The van der Waals surface area contributed by atoms with Gasteiger partial charge >= 0.3 is 6.09 Å². The van der Waals surface area contributed by atoms with Crippen molar-refractivity contribution in [1.82, 2.24) is 5.32 Å². The van der Waals surface area contributed by atoms with Gasteiger partial charge in [-0.05, 0) is 11.1 Å². The third-order valence-corrected chi connectivity index (χ3v) is 3.53. The van der Waals surface area contributed by atoms with Gasteiger partial charge in [-0.1, -0.05) is 54.6 Å². The van der Waals surface area contributed by atoms with Crippen LogP contribution in [0.1, 0.15) is 21.5 Å². The van der Waals surface area contributed by atoms with Gasteiger partial charge in [-0.3, -0.25) is 4.79 Å². The van der Waals surface area contributed by atoms with Crippen LogP contribution in [-0.2, 0) is 17.8 Å². The molecule has 1 atom stereocenters. The number of ketones is 1. The van der Waals surface area contributed by atoms with Gasteiger partial charge in [0.25, 0.3) is 0 Å². The Labute approximate surface area is 122 Å². The summed E-state index contributed by atoms with van der Waals surface area (Å²) >= 11 is 0. The quantitative estimate of drug-likeness (QED) is 0.941. The molecule has 1 amide bonds. The van der Waals surface area contributed by atoms with Crippen LogP contribution in [0, 0.1) is 0 Å². The number of nitrogens with one attached hydrogen (secondary N) is 1. The Hall–Kier alpha value is -2.62. The van der Waals surface area contributed by atoms with Crippen LogP contribution < -0.4 is 5.32 Å². The van der Waals surface area contributed by atoms with Gasteiger partial charge in [0, 0.05) is 12.0 Å². The zero-order valence-corrected chi connectivity index (χ0v) is 11.4. The van der Waals surface area contributed by atoms with E-state index in [9.17, 15) is 9.59 Å². The van der Waals surface area contributed by atoms with Crippen LogP contribution in [0.25, 0.3) is 0 Å². The average molecular weight is 281 g/mol. The molecule has 106 valence electrons. The first kappa shape index (κ1) is 13.4. The second-order valence-corrected chi connectivity index (χ2v) is 4.98. The summed E-state index contributed by atoms with van der Waals surface area (Å²) in [6.07, 6.45) is -0.0415. The molecule has 3 rings (SSSR count). The monoisotopic (exact) mass is 281 g/mol. The molecular formula is C17H15NO3. The van der Waals surface area contributed by atoms with E-state index in [4.69, 9.17) is 4.74 Å². The predicted octanol–water partition coefficient (Wildman–Crippen LogP) is 2.72. The molecule has 1 aliphatic carbocycles. The summed E-state index contributed by atoms with van der Waals surface area (Å²) in [5, 5.41) is 2.64. The fourth-order valence-electron chi connectivity index (χ4n) is 2.46. The summed E-state index contributed by atoms with van der Waals surface area (Å²) in [5.41, 5.74) is 2.57. The Morgan fingerprint density at radius 2 is 1.81 bits per heavy atom. The highest BCUT2D eigenvalue weighted by molar-refractivity contribution is 6.05. The lowest BCUT2D eigenvalue weighted by atomic mass is 10.1. The lowest BCUT2D eigenvalue weighted by molar-refractivity contribution is 0.0933. The second-order valence-electron chi connectivity index (χ2n) is 4.98. The normalized spacial score (nSPS) is 16.4. The summed E-state index contributed by atoms with van der Waals surface area (Å²) in [6.45, 7) is 0.195. The lowest BCUT2D eigenvalue weighted by Crippen LogP contribution is -2.39. The van der Waals surface area contributed by atoms with Crippen molar-refractivity contribution in [3.63, 3.8) is 0 Å². The van der Waals surface area contributed by atoms with E-state index in [1.165, 1.54) is 0 Å². The van der Waals surface area contributed by atoms with Crippen molar-refractivity contribution >= 4 is 11.9 Å². The highest BCUT2D eigenvalue weighted by Crippen LogP contribution is 2.21. The first-order valence-electron chi connectivity index (χ1n) is 6.83. The van der Waals surface area contributed by atoms with E-state index < -0.39 is 12.1 Å². The minimum absolute atomic E-state index is 0.0535. The van der Waals surface area contributed by atoms with Crippen LogP contribution >= 0.6 is 0 Å². The Kier molecular flexibility index (Phi) is 3.69. The molecule has 1 aliphatic rings. The van der Waals surface area contributed by atoms with E-state index >= 15 is 0 Å². The number of fused-ring (bicyclic) bond motifs is 1. The minimum Gasteiger partial charge on any atom is -0.445 e. The molecule has 1 N–H and O–H groups in total. The van der Waals surface area contributed by atoms with Crippen molar-refractivity contribution in [2.45, 2.75) is 19.1 Å². The molecule has 0 bridgehead atoms. The highest BCUT2D eigenvalue weighted by atomic mass is 16.5. The maximum atomic E-state index is 12.1. The molecular weight excluding hydrogens is 266 g/mol. The molecule has 0 aromatic heterocycles. The number of carbonyl (C=O) groups is 2. The van der Waals surface area contributed by atoms with E-state index in [0.29, 0.717) is 12.0 Å². The van der Waals surface area contributed by atoms with Crippen LogP contribution in [0.15, 0.2) is 54.6 Å². The van der Waals surface area contributed by atoms with Gasteiger partial charge in [-0.25, -0.2) is 4.79 Å². The lowest BCUT2D eigenvalue weighted by Gasteiger charge is -2.11. The fourth-order valence-corrected chi connectivity index (χ4v) is 2.46. The van der Waals surface area contributed by atoms with Crippen LogP contribution in [-0.4, -0.2) is 17.9 Å². The van der Waals surface area contributed by atoms with Gasteiger partial charge in [0.2, 0.25) is 0 Å². The molecule has 0 spiro atoms. The summed E-state index contributed by atoms with van der Waals surface area (Å²) in [4.78, 5) is 23.9. The van der Waals surface area contributed by atoms with Gasteiger partial charge in [0.15, 0.2) is 5.78 Å². The van der Waals surface area contributed by atoms with Gasteiger partial charge < -0.3 is 10.1 Å². The van der Waals surface area contributed by atoms with Crippen LogP contribution in [0.5, 0.6) is 0 Å². The Bertz CT molecular complexity index is 667. The number of alkyl carbamates (subject to hydrolysis) is 1. The van der Waals surface area contributed by atoms with Crippen molar-refractivity contribution in [2.24, 2.45) is 0 Å². The summed E-state index contributed by atoms with van der Waals surface area (Å²) < 4.78 is 5.13. The zero-order valence-electron chi connectivity index (χ0n) is 11.4. The minimum atomic E-state index is -0.565. The van der Waals surface area contributed by atoms with Crippen LogP contribution in [0.4, 0.5) is 4.79 Å². The van der Waals surface area contributed by atoms with Gasteiger partial charge in [-0.2, -0.15) is 0 Å². The first-order chi connectivity index (χ1) is 10.2. The molecule has 21 heavy (non-hydrogen) atoms. The topological polar surface area (TPSA) is 55.4 Å². The highest BCUT2D eigenvalue weighted by Gasteiger charge is 2.31. The summed E-state index contributed by atoms with van der Waals surface area (Å²) in [7, 11) is 0. The van der Waals surface area contributed by atoms with Crippen molar-refractivity contribution in [3.8, 4) is 0 Å². The molecule has 2 aromatic carbocycles. The number of rotatable bonds is 3. The molecule has 4 heteroatoms. The molecule has 0 fully saturated rings. The van der Waals surface area contributed by atoms with Crippen molar-refractivity contribution in [3.05, 3.63) is 71.3 Å². The van der Waals surface area contributed by atoms with Crippen molar-refractivity contribution < 1.29 is 14.3 Å². The number of benzene rings is 2. The average Bonchev–Trinajstić information content (AvgIpc) is 2.83. The number of ether oxygens (including phenoxy) is 1. The number of hydrogen-bond acceptors (Lipinski definition) is 3. The number of hydrogen-bond donors (Lipinski definition) is 1. The van der Waals surface area contributed by atoms with Crippen LogP contribution in [0.2, 0.25) is 0 Å². The molecule has 0 heterocycles. The standard InChI is InChI=1S/C17H15NO3/c19-16-14-9-5-4-8-13(14)10-15(16)18-17(20)21-11-12-6-2-1-3-7-12/h1-9,15H,10-11H2,(H,18,20). The van der Waals surface area contributed by atoms with E-state index in [2.05, 4.69) is 5.32 Å². The van der Waals surface area contributed by atoms with Gasteiger partial charge in [-0.15, -0.1) is 0 Å². The van der Waals surface area contributed by atoms with E-state index in [0.717, 1.165) is 11.1 Å². The molecule has 1 unspecified atom stereocenters. The third kappa shape index (κ3) is 2.94. The number of Topliss-reactive ketones (excluding diaryl/α,β-unsaturated/α-hetero) is 1. The molecule has 0 radical (unpaired) electrons. The largest absolute Gasteiger partial charge is 0.445 e. The smallest absolute Gasteiger partial charge is 0.408 e. The first-order valence-corrected chi connectivity index (χ1v) is 6.83. The summed E-state index contributed by atoms with van der Waals surface area (Å²) in [5.74, 6) is -0.0535. The van der Waals surface area contributed by atoms with E-state index in [-0.39, 0.29) is 12.4 Å². The van der Waals surface area contributed by atoms with Crippen molar-refractivity contribution in [1.29, 1.82) is 0 Å². The maximum Gasteiger partial charge on any atom is 0.408 e. The molecule has 0 saturated carbocycles. The molecule has 0 aliphatic heterocycles. The Morgan fingerprint density at radius 1 is 1.10 bits per heavy atom. The Balaban J connectivity index is 1.56. The molecule has 2 aromatic rings. The van der Waals surface area contributed by atoms with Gasteiger partial charge in [0.05, 0.1) is 6.04 Å². The zero-order chi connectivity index (χ0) is 14.7. The number of amides is 1. The third-order valence-electron chi connectivity index (χ3n) is 3.53. The molecule has 4 nitrogen and oxygen atoms in total. The Morgan fingerprint density at radius 3 is 2.57 bits per heavy atom. The van der Waals surface area contributed by atoms with E-state index in [1.54, 1.807) is 6.07 Å². The van der Waals surface area contributed by atoms with E-state index in [1.807, 2.05) is 48.5 Å². The molecule has 0 saturated heterocycles. The SMILES string of the molecule is O=C(NC1Cc2ccccc2C1=O)OCc1ccccc1. The number of carbonyl (C=O) groups excluding carboxylic acids is 2. The maximum absolute atomic E-state index is 12.1. The fraction of sp³-hybridized carbons (Fsp3) is 0.176. The van der Waals surface area contributed by atoms with Crippen LogP contribution in [0.3, 0.4) is 0 Å². The predicted molar refractivity (Wildman–Crippen MR) is 78.0 cm³/mol. The second kappa shape index (κ2) is 5.79. The van der Waals surface area contributed by atoms with Crippen molar-refractivity contribution in [2.75, 3.05) is 0 Å². The van der Waals surface area contributed by atoms with Gasteiger partial charge in [0.1, 0.15) is 6.61 Å².